The molecule has 0 aliphatic rings. The highest BCUT2D eigenvalue weighted by Crippen LogP contribution is 2.24. The van der Waals surface area contributed by atoms with E-state index >= 15 is 0 Å². The fraction of sp³-hybridized carbons (Fsp3) is 0.167. The predicted octanol–water partition coefficient (Wildman–Crippen LogP) is 3.89. The maximum absolute atomic E-state index is 4.72. The molecule has 0 fully saturated rings. The van der Waals surface area contributed by atoms with Gasteiger partial charge in [0.2, 0.25) is 5.65 Å². The predicted molar refractivity (Wildman–Crippen MR) is 92.1 cm³/mol. The molecule has 23 heavy (non-hydrogen) atoms. The average molecular weight is 303 g/mol. The molecule has 1 N–H and O–H groups in total. The second kappa shape index (κ2) is 5.35. The van der Waals surface area contributed by atoms with Crippen LogP contribution < -0.4 is 5.32 Å². The highest BCUT2D eigenvalue weighted by atomic mass is 15.3. The quantitative estimate of drug-likeness (QED) is 0.624. The first-order valence-electron chi connectivity index (χ1n) is 7.70. The first-order valence-corrected chi connectivity index (χ1v) is 7.70. The summed E-state index contributed by atoms with van der Waals surface area (Å²) in [5, 5.41) is 11.6. The molecular weight excluding hydrogens is 286 g/mol. The average Bonchev–Trinajstić information content (AvgIpc) is 3.06. The third-order valence-electron chi connectivity index (χ3n) is 4.01. The third-order valence-corrected chi connectivity index (χ3v) is 4.01. The minimum atomic E-state index is 0.711. The number of aryl methyl sites for hydroxylation is 2. The van der Waals surface area contributed by atoms with Crippen molar-refractivity contribution in [1.29, 1.82) is 0 Å². The molecule has 4 rings (SSSR count). The van der Waals surface area contributed by atoms with E-state index in [2.05, 4.69) is 65.8 Å². The van der Waals surface area contributed by atoms with Crippen LogP contribution in [-0.4, -0.2) is 19.6 Å². The molecule has 5 nitrogen and oxygen atoms in total. The maximum atomic E-state index is 4.72. The molecule has 0 unspecified atom stereocenters. The zero-order valence-corrected chi connectivity index (χ0v) is 13.1. The molecule has 0 spiro atoms. The van der Waals surface area contributed by atoms with Gasteiger partial charge in [0.1, 0.15) is 6.33 Å². The second-order valence-electron chi connectivity index (χ2n) is 5.65. The highest BCUT2D eigenvalue weighted by Gasteiger charge is 2.10. The summed E-state index contributed by atoms with van der Waals surface area (Å²) in [4.78, 5) is 4.72. The van der Waals surface area contributed by atoms with Crippen molar-refractivity contribution in [1.82, 2.24) is 19.6 Å². The molecular formula is C18H17N5. The molecule has 0 saturated heterocycles. The van der Waals surface area contributed by atoms with Gasteiger partial charge in [-0.3, -0.25) is 4.40 Å². The van der Waals surface area contributed by atoms with Crippen LogP contribution >= 0.6 is 0 Å². The Balaban J connectivity index is 1.84. The van der Waals surface area contributed by atoms with E-state index < -0.39 is 0 Å². The molecule has 114 valence electrons. The molecule has 0 atom stereocenters. The molecule has 0 radical (unpaired) electrons. The molecule has 0 saturated carbocycles. The Bertz CT molecular complexity index is 986. The van der Waals surface area contributed by atoms with Crippen LogP contribution in [0.4, 0.5) is 11.5 Å². The fourth-order valence-corrected chi connectivity index (χ4v) is 2.71. The third kappa shape index (κ3) is 2.40. The lowest BCUT2D eigenvalue weighted by Crippen LogP contribution is -2.00. The molecule has 2 aromatic carbocycles. The largest absolute Gasteiger partial charge is 0.337 e. The van der Waals surface area contributed by atoms with Crippen molar-refractivity contribution in [2.45, 2.75) is 20.3 Å². The first-order chi connectivity index (χ1) is 11.2. The van der Waals surface area contributed by atoms with Crippen LogP contribution in [0.5, 0.6) is 0 Å². The van der Waals surface area contributed by atoms with Gasteiger partial charge in [-0.15, -0.1) is 10.2 Å². The van der Waals surface area contributed by atoms with Crippen LogP contribution in [0, 0.1) is 6.92 Å². The van der Waals surface area contributed by atoms with E-state index in [1.54, 1.807) is 6.33 Å². The summed E-state index contributed by atoms with van der Waals surface area (Å²) < 4.78 is 1.97. The molecule has 0 amide bonds. The van der Waals surface area contributed by atoms with Crippen LogP contribution in [-0.2, 0) is 6.42 Å². The Kier molecular flexibility index (Phi) is 3.19. The molecule has 0 bridgehead atoms. The molecule has 2 heterocycles. The maximum Gasteiger partial charge on any atom is 0.204 e. The number of anilines is 2. The van der Waals surface area contributed by atoms with Gasteiger partial charge in [0.15, 0.2) is 5.82 Å². The van der Waals surface area contributed by atoms with Gasteiger partial charge in [0.05, 0.1) is 11.0 Å². The Morgan fingerprint density at radius 1 is 1.09 bits per heavy atom. The fourth-order valence-electron chi connectivity index (χ4n) is 2.71. The van der Waals surface area contributed by atoms with Gasteiger partial charge < -0.3 is 5.32 Å². The monoisotopic (exact) mass is 303 g/mol. The summed E-state index contributed by atoms with van der Waals surface area (Å²) in [6, 6.07) is 14.5. The van der Waals surface area contributed by atoms with Crippen LogP contribution in [0.2, 0.25) is 0 Å². The van der Waals surface area contributed by atoms with Crippen molar-refractivity contribution < 1.29 is 0 Å². The van der Waals surface area contributed by atoms with Gasteiger partial charge in [0, 0.05) is 5.69 Å². The van der Waals surface area contributed by atoms with Crippen molar-refractivity contribution in [2.24, 2.45) is 0 Å². The topological polar surface area (TPSA) is 55.1 Å². The minimum Gasteiger partial charge on any atom is -0.337 e. The van der Waals surface area contributed by atoms with Crippen molar-refractivity contribution in [3.63, 3.8) is 0 Å². The van der Waals surface area contributed by atoms with Gasteiger partial charge in [-0.25, -0.2) is 4.98 Å². The number of nitrogens with zero attached hydrogens (tertiary/aromatic N) is 4. The standard InChI is InChI=1S/C18H17N5/c1-3-13-5-7-14(8-6-13)20-17-18-22-19-11-23(18)16-10-12(2)4-9-15(16)21-17/h4-11H,3H2,1-2H3,(H,20,21). The van der Waals surface area contributed by atoms with E-state index in [0.717, 1.165) is 28.8 Å². The van der Waals surface area contributed by atoms with E-state index in [1.165, 1.54) is 11.1 Å². The van der Waals surface area contributed by atoms with Crippen LogP contribution in [0.1, 0.15) is 18.1 Å². The van der Waals surface area contributed by atoms with Crippen LogP contribution in [0.25, 0.3) is 16.7 Å². The highest BCUT2D eigenvalue weighted by molar-refractivity contribution is 5.84. The summed E-state index contributed by atoms with van der Waals surface area (Å²) >= 11 is 0. The van der Waals surface area contributed by atoms with Crippen LogP contribution in [0.15, 0.2) is 48.8 Å². The van der Waals surface area contributed by atoms with Gasteiger partial charge in [-0.2, -0.15) is 0 Å². The van der Waals surface area contributed by atoms with Crippen molar-refractivity contribution in [3.8, 4) is 0 Å². The Morgan fingerprint density at radius 2 is 1.91 bits per heavy atom. The Labute approximate surface area is 134 Å². The summed E-state index contributed by atoms with van der Waals surface area (Å²) in [5.41, 5.74) is 6.14. The van der Waals surface area contributed by atoms with Crippen molar-refractivity contribution >= 4 is 28.2 Å². The summed E-state index contributed by atoms with van der Waals surface area (Å²) in [6.45, 7) is 4.21. The number of fused-ring (bicyclic) bond motifs is 3. The molecule has 2 aromatic heterocycles. The summed E-state index contributed by atoms with van der Waals surface area (Å²) in [5.74, 6) is 0.711. The first kappa shape index (κ1) is 13.7. The van der Waals surface area contributed by atoms with E-state index in [9.17, 15) is 0 Å². The van der Waals surface area contributed by atoms with E-state index in [-0.39, 0.29) is 0 Å². The Hall–Kier alpha value is -2.95. The van der Waals surface area contributed by atoms with Gasteiger partial charge >= 0.3 is 0 Å². The van der Waals surface area contributed by atoms with Crippen LogP contribution in [0.3, 0.4) is 0 Å². The van der Waals surface area contributed by atoms with Gasteiger partial charge in [0.25, 0.3) is 0 Å². The van der Waals surface area contributed by atoms with Gasteiger partial charge in [-0.1, -0.05) is 25.1 Å². The number of hydrogen-bond acceptors (Lipinski definition) is 4. The second-order valence-corrected chi connectivity index (χ2v) is 5.65. The number of rotatable bonds is 3. The zero-order valence-electron chi connectivity index (χ0n) is 13.1. The minimum absolute atomic E-state index is 0.711. The lowest BCUT2D eigenvalue weighted by Gasteiger charge is -2.10. The number of aromatic nitrogens is 4. The molecule has 0 aliphatic carbocycles. The SMILES string of the molecule is CCc1ccc(Nc2nc3ccc(C)cc3n3cnnc23)cc1. The zero-order chi connectivity index (χ0) is 15.8. The molecule has 0 aliphatic heterocycles. The molecule has 5 heteroatoms. The summed E-state index contributed by atoms with van der Waals surface area (Å²) in [7, 11) is 0. The van der Waals surface area contributed by atoms with Crippen molar-refractivity contribution in [3.05, 3.63) is 59.9 Å². The normalized spacial score (nSPS) is 11.2. The van der Waals surface area contributed by atoms with E-state index in [1.807, 2.05) is 10.5 Å². The van der Waals surface area contributed by atoms with E-state index in [0.29, 0.717) is 5.82 Å². The van der Waals surface area contributed by atoms with Crippen molar-refractivity contribution in [2.75, 3.05) is 5.32 Å². The molecule has 4 aromatic rings. The number of hydrogen-bond donors (Lipinski definition) is 1. The number of benzene rings is 2. The number of nitrogens with one attached hydrogen (secondary N) is 1. The van der Waals surface area contributed by atoms with E-state index in [4.69, 9.17) is 4.98 Å². The lowest BCUT2D eigenvalue weighted by molar-refractivity contribution is 1.11. The Morgan fingerprint density at radius 3 is 2.70 bits per heavy atom. The lowest BCUT2D eigenvalue weighted by atomic mass is 10.1. The summed E-state index contributed by atoms with van der Waals surface area (Å²) in [6.07, 6.45) is 2.76. The smallest absolute Gasteiger partial charge is 0.204 e. The van der Waals surface area contributed by atoms with Gasteiger partial charge in [-0.05, 0) is 48.7 Å².